The van der Waals surface area contributed by atoms with Gasteiger partial charge in [0.2, 0.25) is 11.8 Å². The lowest BCUT2D eigenvalue weighted by molar-refractivity contribution is -0.384. The summed E-state index contributed by atoms with van der Waals surface area (Å²) in [6.45, 7) is 4.82. The molecule has 0 aliphatic carbocycles. The molecule has 7 heteroatoms. The first-order valence-electron chi connectivity index (χ1n) is 6.47. The number of hydrogen-bond donors (Lipinski definition) is 1. The number of nitro groups is 1. The highest BCUT2D eigenvalue weighted by Gasteiger charge is 2.17. The maximum Gasteiger partial charge on any atom is 0.270 e. The monoisotopic (exact) mass is 276 g/mol. The van der Waals surface area contributed by atoms with Crippen LogP contribution >= 0.6 is 0 Å². The topological polar surface area (TPSA) is 94.1 Å². The van der Waals surface area contributed by atoms with Crippen LogP contribution in [0.3, 0.4) is 0 Å². The van der Waals surface area contributed by atoms with Crippen molar-refractivity contribution in [3.63, 3.8) is 0 Å². The standard InChI is InChI=1S/C13H16N4O3/c1-3-11(14-4-2)13-16-15-12(20-13)9-6-5-7-10(8-9)17(18)19/h5-8,11,14H,3-4H2,1-2H3. The molecular formula is C13H16N4O3. The van der Waals surface area contributed by atoms with Gasteiger partial charge in [-0.25, -0.2) is 0 Å². The molecule has 1 N–H and O–H groups in total. The molecule has 0 saturated heterocycles. The van der Waals surface area contributed by atoms with E-state index in [-0.39, 0.29) is 11.7 Å². The summed E-state index contributed by atoms with van der Waals surface area (Å²) in [5.74, 6) is 0.788. The first kappa shape index (κ1) is 14.1. The summed E-state index contributed by atoms with van der Waals surface area (Å²) >= 11 is 0. The molecule has 0 aliphatic rings. The molecular weight excluding hydrogens is 260 g/mol. The molecule has 0 saturated carbocycles. The third-order valence-electron chi connectivity index (χ3n) is 2.90. The summed E-state index contributed by atoms with van der Waals surface area (Å²) < 4.78 is 5.60. The van der Waals surface area contributed by atoms with Crippen LogP contribution in [0.25, 0.3) is 11.5 Å². The molecule has 0 spiro atoms. The van der Waals surface area contributed by atoms with Crippen LogP contribution < -0.4 is 5.32 Å². The first-order chi connectivity index (χ1) is 9.65. The fraction of sp³-hybridized carbons (Fsp3) is 0.385. The molecule has 1 unspecified atom stereocenters. The Labute approximate surface area is 116 Å². The number of nitrogens with zero attached hydrogens (tertiary/aromatic N) is 3. The van der Waals surface area contributed by atoms with Gasteiger partial charge in [0, 0.05) is 17.7 Å². The zero-order valence-corrected chi connectivity index (χ0v) is 11.4. The summed E-state index contributed by atoms with van der Waals surface area (Å²) in [5, 5.41) is 22.0. The van der Waals surface area contributed by atoms with E-state index in [0.29, 0.717) is 17.3 Å². The summed E-state index contributed by atoms with van der Waals surface area (Å²) in [6.07, 6.45) is 0.824. The maximum absolute atomic E-state index is 10.8. The van der Waals surface area contributed by atoms with Gasteiger partial charge in [-0.1, -0.05) is 19.9 Å². The van der Waals surface area contributed by atoms with Gasteiger partial charge in [0.1, 0.15) is 0 Å². The lowest BCUT2D eigenvalue weighted by Gasteiger charge is -2.09. The Balaban J connectivity index is 2.28. The quantitative estimate of drug-likeness (QED) is 0.644. The lowest BCUT2D eigenvalue weighted by atomic mass is 10.2. The molecule has 106 valence electrons. The summed E-state index contributed by atoms with van der Waals surface area (Å²) in [5.41, 5.74) is 0.547. The molecule has 0 aliphatic heterocycles. The van der Waals surface area contributed by atoms with Crippen LogP contribution in [-0.2, 0) is 0 Å². The summed E-state index contributed by atoms with van der Waals surface area (Å²) in [4.78, 5) is 10.3. The lowest BCUT2D eigenvalue weighted by Crippen LogP contribution is -2.20. The minimum absolute atomic E-state index is 0.0000481. The second-order valence-corrected chi connectivity index (χ2v) is 4.27. The fourth-order valence-corrected chi connectivity index (χ4v) is 1.90. The second kappa shape index (κ2) is 6.25. The van der Waals surface area contributed by atoms with Crippen molar-refractivity contribution in [2.75, 3.05) is 6.54 Å². The number of aromatic nitrogens is 2. The molecule has 0 bridgehead atoms. The first-order valence-corrected chi connectivity index (χ1v) is 6.47. The van der Waals surface area contributed by atoms with Crippen LogP contribution in [-0.4, -0.2) is 21.7 Å². The zero-order valence-electron chi connectivity index (χ0n) is 11.4. The van der Waals surface area contributed by atoms with E-state index in [0.717, 1.165) is 13.0 Å². The minimum atomic E-state index is -0.450. The molecule has 0 amide bonds. The van der Waals surface area contributed by atoms with Gasteiger partial charge in [0.15, 0.2) is 0 Å². The molecule has 1 atom stereocenters. The van der Waals surface area contributed by atoms with Crippen molar-refractivity contribution in [2.24, 2.45) is 0 Å². The SMILES string of the molecule is CCNC(CC)c1nnc(-c2cccc([N+](=O)[O-])c2)o1. The number of nitro benzene ring substituents is 1. The molecule has 2 rings (SSSR count). The Kier molecular flexibility index (Phi) is 4.41. The smallest absolute Gasteiger partial charge is 0.270 e. The largest absolute Gasteiger partial charge is 0.419 e. The van der Waals surface area contributed by atoms with Gasteiger partial charge in [-0.2, -0.15) is 0 Å². The van der Waals surface area contributed by atoms with E-state index < -0.39 is 4.92 Å². The van der Waals surface area contributed by atoms with Crippen LogP contribution in [0.15, 0.2) is 28.7 Å². The van der Waals surface area contributed by atoms with E-state index in [9.17, 15) is 10.1 Å². The van der Waals surface area contributed by atoms with Gasteiger partial charge in [-0.15, -0.1) is 10.2 Å². The van der Waals surface area contributed by atoms with Crippen molar-refractivity contribution in [1.82, 2.24) is 15.5 Å². The predicted octanol–water partition coefficient (Wildman–Crippen LogP) is 2.71. The van der Waals surface area contributed by atoms with E-state index in [1.807, 2.05) is 13.8 Å². The van der Waals surface area contributed by atoms with Crippen molar-refractivity contribution >= 4 is 5.69 Å². The number of rotatable bonds is 6. The molecule has 20 heavy (non-hydrogen) atoms. The van der Waals surface area contributed by atoms with Crippen LogP contribution in [0.4, 0.5) is 5.69 Å². The Morgan fingerprint density at radius 2 is 2.20 bits per heavy atom. The van der Waals surface area contributed by atoms with Gasteiger partial charge in [-0.3, -0.25) is 10.1 Å². The average molecular weight is 276 g/mol. The number of nitrogens with one attached hydrogen (secondary N) is 1. The fourth-order valence-electron chi connectivity index (χ4n) is 1.90. The predicted molar refractivity (Wildman–Crippen MR) is 73.1 cm³/mol. The van der Waals surface area contributed by atoms with E-state index in [1.54, 1.807) is 12.1 Å². The Hall–Kier alpha value is -2.28. The number of benzene rings is 1. The van der Waals surface area contributed by atoms with Crippen LogP contribution in [0.2, 0.25) is 0 Å². The van der Waals surface area contributed by atoms with Gasteiger partial charge in [-0.05, 0) is 19.0 Å². The zero-order chi connectivity index (χ0) is 14.5. The van der Waals surface area contributed by atoms with Gasteiger partial charge < -0.3 is 9.73 Å². The van der Waals surface area contributed by atoms with Gasteiger partial charge in [0.05, 0.1) is 11.0 Å². The molecule has 1 heterocycles. The van der Waals surface area contributed by atoms with E-state index in [4.69, 9.17) is 4.42 Å². The van der Waals surface area contributed by atoms with Crippen molar-refractivity contribution < 1.29 is 9.34 Å². The molecule has 0 radical (unpaired) electrons. The minimum Gasteiger partial charge on any atom is -0.419 e. The van der Waals surface area contributed by atoms with Gasteiger partial charge >= 0.3 is 0 Å². The molecule has 1 aromatic heterocycles. The average Bonchev–Trinajstić information content (AvgIpc) is 2.94. The third-order valence-corrected chi connectivity index (χ3v) is 2.90. The van der Waals surface area contributed by atoms with Crippen LogP contribution in [0.5, 0.6) is 0 Å². The van der Waals surface area contributed by atoms with Crippen molar-refractivity contribution in [3.8, 4) is 11.5 Å². The molecule has 1 aromatic carbocycles. The Bertz CT molecular complexity index is 597. The van der Waals surface area contributed by atoms with E-state index in [2.05, 4.69) is 15.5 Å². The van der Waals surface area contributed by atoms with Crippen LogP contribution in [0, 0.1) is 10.1 Å². The second-order valence-electron chi connectivity index (χ2n) is 4.27. The molecule has 0 fully saturated rings. The Morgan fingerprint density at radius 3 is 2.85 bits per heavy atom. The number of hydrogen-bond acceptors (Lipinski definition) is 6. The maximum atomic E-state index is 10.8. The van der Waals surface area contributed by atoms with Crippen molar-refractivity contribution in [2.45, 2.75) is 26.3 Å². The van der Waals surface area contributed by atoms with E-state index >= 15 is 0 Å². The highest BCUT2D eigenvalue weighted by atomic mass is 16.6. The van der Waals surface area contributed by atoms with E-state index in [1.165, 1.54) is 12.1 Å². The normalized spacial score (nSPS) is 12.3. The molecule has 7 nitrogen and oxygen atoms in total. The summed E-state index contributed by atoms with van der Waals surface area (Å²) in [6, 6.07) is 6.15. The molecule has 2 aromatic rings. The van der Waals surface area contributed by atoms with Gasteiger partial charge in [0.25, 0.3) is 5.69 Å². The Morgan fingerprint density at radius 1 is 1.40 bits per heavy atom. The number of non-ortho nitro benzene ring substituents is 1. The highest BCUT2D eigenvalue weighted by molar-refractivity contribution is 5.57. The summed E-state index contributed by atoms with van der Waals surface area (Å²) in [7, 11) is 0. The van der Waals surface area contributed by atoms with Crippen molar-refractivity contribution in [3.05, 3.63) is 40.3 Å². The highest BCUT2D eigenvalue weighted by Crippen LogP contribution is 2.25. The van der Waals surface area contributed by atoms with Crippen LogP contribution in [0.1, 0.15) is 32.2 Å². The third kappa shape index (κ3) is 3.00. The van der Waals surface area contributed by atoms with Crippen molar-refractivity contribution in [1.29, 1.82) is 0 Å².